The van der Waals surface area contributed by atoms with Crippen LogP contribution in [0.3, 0.4) is 0 Å². The predicted octanol–water partition coefficient (Wildman–Crippen LogP) is 2.72. The standard InChI is InChI=1S/C15H20ClNO4/c1-10(20-12-8-6-11(16)7-9-12)15(18)17-21-14-5-3-4-13(14)19-2/h6-10,13-14H,3-5H2,1-2H3,(H,17,18). The van der Waals surface area contributed by atoms with Gasteiger partial charge in [0, 0.05) is 12.1 Å². The fourth-order valence-corrected chi connectivity index (χ4v) is 2.41. The highest BCUT2D eigenvalue weighted by Gasteiger charge is 2.29. The zero-order chi connectivity index (χ0) is 15.2. The van der Waals surface area contributed by atoms with Crippen molar-refractivity contribution in [2.24, 2.45) is 0 Å². The topological polar surface area (TPSA) is 56.8 Å². The van der Waals surface area contributed by atoms with Crippen LogP contribution in [-0.2, 0) is 14.4 Å². The molecular weight excluding hydrogens is 294 g/mol. The summed E-state index contributed by atoms with van der Waals surface area (Å²) in [4.78, 5) is 17.4. The molecule has 1 amide bonds. The van der Waals surface area contributed by atoms with Crippen LogP contribution in [0.4, 0.5) is 0 Å². The van der Waals surface area contributed by atoms with Crippen molar-refractivity contribution in [2.45, 2.75) is 44.5 Å². The molecule has 3 atom stereocenters. The average Bonchev–Trinajstić information content (AvgIpc) is 2.94. The lowest BCUT2D eigenvalue weighted by Gasteiger charge is -2.20. The molecule has 1 saturated carbocycles. The molecule has 1 aliphatic rings. The number of carbonyl (C=O) groups is 1. The van der Waals surface area contributed by atoms with Crippen molar-refractivity contribution in [3.05, 3.63) is 29.3 Å². The molecular formula is C15H20ClNO4. The zero-order valence-corrected chi connectivity index (χ0v) is 12.9. The van der Waals surface area contributed by atoms with Crippen LogP contribution in [0.2, 0.25) is 5.02 Å². The number of hydroxylamine groups is 1. The smallest absolute Gasteiger partial charge is 0.284 e. The molecule has 1 aromatic rings. The molecule has 0 radical (unpaired) electrons. The molecule has 0 aliphatic heterocycles. The quantitative estimate of drug-likeness (QED) is 0.820. The molecule has 3 unspecified atom stereocenters. The van der Waals surface area contributed by atoms with Crippen molar-refractivity contribution in [3.8, 4) is 5.75 Å². The van der Waals surface area contributed by atoms with E-state index >= 15 is 0 Å². The highest BCUT2D eigenvalue weighted by Crippen LogP contribution is 2.23. The number of hydrogen-bond donors (Lipinski definition) is 1. The Bertz CT molecular complexity index is 465. The summed E-state index contributed by atoms with van der Waals surface area (Å²) in [6.45, 7) is 1.66. The molecule has 2 rings (SSSR count). The van der Waals surface area contributed by atoms with Gasteiger partial charge in [0.05, 0.1) is 6.10 Å². The van der Waals surface area contributed by atoms with Crippen molar-refractivity contribution in [3.63, 3.8) is 0 Å². The molecule has 0 spiro atoms. The fourth-order valence-electron chi connectivity index (χ4n) is 2.28. The first kappa shape index (κ1) is 16.1. The molecule has 0 bridgehead atoms. The Hall–Kier alpha value is -1.30. The van der Waals surface area contributed by atoms with Crippen molar-refractivity contribution in [2.75, 3.05) is 7.11 Å². The van der Waals surface area contributed by atoms with Gasteiger partial charge in [0.1, 0.15) is 11.9 Å². The van der Waals surface area contributed by atoms with E-state index in [0.29, 0.717) is 10.8 Å². The molecule has 1 N–H and O–H groups in total. The largest absolute Gasteiger partial charge is 0.481 e. The van der Waals surface area contributed by atoms with Crippen molar-refractivity contribution >= 4 is 17.5 Å². The van der Waals surface area contributed by atoms with Gasteiger partial charge in [-0.15, -0.1) is 0 Å². The van der Waals surface area contributed by atoms with Crippen LogP contribution in [0, 0.1) is 0 Å². The van der Waals surface area contributed by atoms with Gasteiger partial charge in [0.2, 0.25) is 0 Å². The molecule has 0 saturated heterocycles. The van der Waals surface area contributed by atoms with E-state index in [-0.39, 0.29) is 18.1 Å². The number of benzene rings is 1. The average molecular weight is 314 g/mol. The third-order valence-electron chi connectivity index (χ3n) is 3.50. The monoisotopic (exact) mass is 313 g/mol. The van der Waals surface area contributed by atoms with Crippen LogP contribution in [0.1, 0.15) is 26.2 Å². The molecule has 21 heavy (non-hydrogen) atoms. The molecule has 116 valence electrons. The van der Waals surface area contributed by atoms with Gasteiger partial charge in [0.25, 0.3) is 5.91 Å². The Morgan fingerprint density at radius 2 is 1.95 bits per heavy atom. The highest BCUT2D eigenvalue weighted by atomic mass is 35.5. The van der Waals surface area contributed by atoms with Gasteiger partial charge < -0.3 is 9.47 Å². The third-order valence-corrected chi connectivity index (χ3v) is 3.75. The summed E-state index contributed by atoms with van der Waals surface area (Å²) in [5.74, 6) is 0.254. The lowest BCUT2D eigenvalue weighted by Crippen LogP contribution is -2.40. The highest BCUT2D eigenvalue weighted by molar-refractivity contribution is 6.30. The number of carbonyl (C=O) groups excluding carboxylic acids is 1. The maximum atomic E-state index is 11.9. The second-order valence-electron chi connectivity index (χ2n) is 5.04. The summed E-state index contributed by atoms with van der Waals surface area (Å²) in [7, 11) is 1.65. The lowest BCUT2D eigenvalue weighted by molar-refractivity contribution is -0.150. The molecule has 5 nitrogen and oxygen atoms in total. The molecule has 0 aromatic heterocycles. The van der Waals surface area contributed by atoms with Gasteiger partial charge in [-0.3, -0.25) is 9.63 Å². The molecule has 1 aliphatic carbocycles. The van der Waals surface area contributed by atoms with Gasteiger partial charge in [-0.2, -0.15) is 0 Å². The Labute approximate surface area is 129 Å². The van der Waals surface area contributed by atoms with Crippen molar-refractivity contribution in [1.29, 1.82) is 0 Å². The second-order valence-corrected chi connectivity index (χ2v) is 5.48. The Morgan fingerprint density at radius 3 is 2.62 bits per heavy atom. The van der Waals surface area contributed by atoms with Gasteiger partial charge >= 0.3 is 0 Å². The maximum absolute atomic E-state index is 11.9. The number of rotatable bonds is 6. The first-order valence-corrected chi connectivity index (χ1v) is 7.38. The number of nitrogens with one attached hydrogen (secondary N) is 1. The lowest BCUT2D eigenvalue weighted by atomic mass is 10.3. The summed E-state index contributed by atoms with van der Waals surface area (Å²) in [5.41, 5.74) is 2.45. The van der Waals surface area contributed by atoms with E-state index in [9.17, 15) is 4.79 Å². The van der Waals surface area contributed by atoms with Gasteiger partial charge in [-0.25, -0.2) is 5.48 Å². The normalized spacial score (nSPS) is 22.8. The summed E-state index contributed by atoms with van der Waals surface area (Å²) in [6.07, 6.45) is 2.16. The van der Waals surface area contributed by atoms with Crippen LogP contribution in [0.25, 0.3) is 0 Å². The SMILES string of the molecule is COC1CCCC1ONC(=O)C(C)Oc1ccc(Cl)cc1. The fraction of sp³-hybridized carbons (Fsp3) is 0.533. The van der Waals surface area contributed by atoms with E-state index in [1.165, 1.54) is 0 Å². The number of methoxy groups -OCH3 is 1. The van der Waals surface area contributed by atoms with E-state index in [1.54, 1.807) is 38.3 Å². The summed E-state index contributed by atoms with van der Waals surface area (Å²) in [5, 5.41) is 0.620. The van der Waals surface area contributed by atoms with Gasteiger partial charge in [-0.1, -0.05) is 11.6 Å². The third kappa shape index (κ3) is 4.59. The first-order chi connectivity index (χ1) is 10.1. The molecule has 0 heterocycles. The minimum Gasteiger partial charge on any atom is -0.481 e. The van der Waals surface area contributed by atoms with Gasteiger partial charge in [-0.05, 0) is 50.5 Å². The molecule has 1 fully saturated rings. The predicted molar refractivity (Wildman–Crippen MR) is 79.2 cm³/mol. The Balaban J connectivity index is 1.78. The van der Waals surface area contributed by atoms with E-state index in [2.05, 4.69) is 5.48 Å². The van der Waals surface area contributed by atoms with Crippen molar-refractivity contribution < 1.29 is 19.1 Å². The van der Waals surface area contributed by atoms with Crippen LogP contribution < -0.4 is 10.2 Å². The Morgan fingerprint density at radius 1 is 1.29 bits per heavy atom. The first-order valence-electron chi connectivity index (χ1n) is 7.00. The Kier molecular flexibility index (Phi) is 5.85. The van der Waals surface area contributed by atoms with Crippen LogP contribution >= 0.6 is 11.6 Å². The second kappa shape index (κ2) is 7.64. The number of amides is 1. The van der Waals surface area contributed by atoms with E-state index < -0.39 is 6.10 Å². The molecule has 6 heteroatoms. The minimum absolute atomic E-state index is 0.0396. The van der Waals surface area contributed by atoms with Gasteiger partial charge in [0.15, 0.2) is 6.10 Å². The van der Waals surface area contributed by atoms with E-state index in [0.717, 1.165) is 19.3 Å². The van der Waals surface area contributed by atoms with Crippen LogP contribution in [0.15, 0.2) is 24.3 Å². The zero-order valence-electron chi connectivity index (χ0n) is 12.2. The number of hydrogen-bond acceptors (Lipinski definition) is 4. The van der Waals surface area contributed by atoms with Crippen LogP contribution in [0.5, 0.6) is 5.75 Å². The summed E-state index contributed by atoms with van der Waals surface area (Å²) in [6, 6.07) is 6.84. The van der Waals surface area contributed by atoms with Crippen molar-refractivity contribution in [1.82, 2.24) is 5.48 Å². The van der Waals surface area contributed by atoms with E-state index in [1.807, 2.05) is 0 Å². The van der Waals surface area contributed by atoms with E-state index in [4.69, 9.17) is 25.9 Å². The number of halogens is 1. The maximum Gasteiger partial charge on any atom is 0.284 e. The minimum atomic E-state index is -0.659. The summed E-state index contributed by atoms with van der Waals surface area (Å²) < 4.78 is 10.8. The van der Waals surface area contributed by atoms with Crippen LogP contribution in [-0.4, -0.2) is 31.3 Å². The number of ether oxygens (including phenoxy) is 2. The molecule has 1 aromatic carbocycles. The summed E-state index contributed by atoms with van der Waals surface area (Å²) >= 11 is 5.79.